The van der Waals surface area contributed by atoms with Gasteiger partial charge in [0.15, 0.2) is 0 Å². The highest BCUT2D eigenvalue weighted by atomic mass is 16.1. The number of amides is 1. The first-order chi connectivity index (χ1) is 14.2. The number of benzene rings is 2. The summed E-state index contributed by atoms with van der Waals surface area (Å²) in [4.78, 5) is 16.7. The molecule has 0 fully saturated rings. The Morgan fingerprint density at radius 3 is 2.41 bits per heavy atom. The molecular weight excluding hydrogens is 360 g/mol. The molecule has 0 saturated heterocycles. The van der Waals surface area contributed by atoms with Gasteiger partial charge >= 0.3 is 0 Å². The van der Waals surface area contributed by atoms with E-state index in [2.05, 4.69) is 20.5 Å². The van der Waals surface area contributed by atoms with E-state index in [1.165, 1.54) is 0 Å². The lowest BCUT2D eigenvalue weighted by atomic mass is 10.0. The normalized spacial score (nSPS) is 11.6. The highest BCUT2D eigenvalue weighted by Gasteiger charge is 2.06. The SMILES string of the molecule is C/C=C(\C=NCC)c1ccc(NC(=O)Cc2ccc(-c3ccnnc3)cc2)cc1.[HH]. The fourth-order valence-electron chi connectivity index (χ4n) is 2.92. The zero-order chi connectivity index (χ0) is 20.5. The Bertz CT molecular complexity index is 998. The zero-order valence-electron chi connectivity index (χ0n) is 16.7. The Labute approximate surface area is 172 Å². The summed E-state index contributed by atoms with van der Waals surface area (Å²) in [5.41, 5.74) is 5.92. The van der Waals surface area contributed by atoms with Crippen molar-refractivity contribution in [3.63, 3.8) is 0 Å². The molecule has 0 atom stereocenters. The summed E-state index contributed by atoms with van der Waals surface area (Å²) in [6.45, 7) is 4.75. The average Bonchev–Trinajstić information content (AvgIpc) is 2.76. The molecule has 0 aliphatic heterocycles. The molecule has 0 aliphatic rings. The van der Waals surface area contributed by atoms with E-state index in [1.54, 1.807) is 12.4 Å². The van der Waals surface area contributed by atoms with Crippen LogP contribution < -0.4 is 5.32 Å². The molecule has 1 amide bonds. The third-order valence-corrected chi connectivity index (χ3v) is 4.46. The molecule has 2 aromatic carbocycles. The molecule has 0 bridgehead atoms. The number of nitrogens with zero attached hydrogens (tertiary/aromatic N) is 3. The first-order valence-corrected chi connectivity index (χ1v) is 9.62. The van der Waals surface area contributed by atoms with Gasteiger partial charge in [-0.25, -0.2) is 0 Å². The van der Waals surface area contributed by atoms with Crippen molar-refractivity contribution in [3.05, 3.63) is 84.2 Å². The van der Waals surface area contributed by atoms with E-state index >= 15 is 0 Å². The molecule has 0 radical (unpaired) electrons. The molecule has 3 aromatic rings. The van der Waals surface area contributed by atoms with Crippen LogP contribution in [0.4, 0.5) is 5.69 Å². The molecule has 1 heterocycles. The number of rotatable bonds is 7. The van der Waals surface area contributed by atoms with Crippen LogP contribution in [0.2, 0.25) is 0 Å². The Morgan fingerprint density at radius 2 is 1.79 bits per heavy atom. The third kappa shape index (κ3) is 5.69. The number of carbonyl (C=O) groups excluding carboxylic acids is 1. The van der Waals surface area contributed by atoms with Gasteiger partial charge in [0, 0.05) is 25.4 Å². The molecule has 1 aromatic heterocycles. The summed E-state index contributed by atoms with van der Waals surface area (Å²) in [7, 11) is 0. The Balaban J connectivity index is 0.00000320. The van der Waals surface area contributed by atoms with Crippen molar-refractivity contribution in [2.45, 2.75) is 20.3 Å². The van der Waals surface area contributed by atoms with Gasteiger partial charge < -0.3 is 5.32 Å². The number of anilines is 1. The first kappa shape index (κ1) is 20.1. The predicted molar refractivity (Wildman–Crippen MR) is 121 cm³/mol. The van der Waals surface area contributed by atoms with E-state index in [9.17, 15) is 4.79 Å². The van der Waals surface area contributed by atoms with Crippen molar-refractivity contribution in [2.24, 2.45) is 4.99 Å². The minimum absolute atomic E-state index is 0. The highest BCUT2D eigenvalue weighted by molar-refractivity contribution is 6.09. The van der Waals surface area contributed by atoms with Crippen molar-refractivity contribution in [1.29, 1.82) is 0 Å². The summed E-state index contributed by atoms with van der Waals surface area (Å²) in [6.07, 6.45) is 7.61. The van der Waals surface area contributed by atoms with E-state index in [1.807, 2.05) is 80.7 Å². The van der Waals surface area contributed by atoms with Gasteiger partial charge in [0.1, 0.15) is 0 Å². The van der Waals surface area contributed by atoms with Crippen LogP contribution in [-0.4, -0.2) is 28.9 Å². The van der Waals surface area contributed by atoms with Crippen molar-refractivity contribution in [2.75, 3.05) is 11.9 Å². The van der Waals surface area contributed by atoms with E-state index in [0.29, 0.717) is 6.42 Å². The van der Waals surface area contributed by atoms with Crippen LogP contribution in [0, 0.1) is 0 Å². The van der Waals surface area contributed by atoms with Crippen molar-refractivity contribution < 1.29 is 6.22 Å². The zero-order valence-corrected chi connectivity index (χ0v) is 16.7. The summed E-state index contributed by atoms with van der Waals surface area (Å²) in [6, 6.07) is 17.6. The number of hydrogen-bond donors (Lipinski definition) is 1. The average molecular weight is 386 g/mol. The van der Waals surface area contributed by atoms with Crippen molar-refractivity contribution >= 4 is 23.4 Å². The van der Waals surface area contributed by atoms with Gasteiger partial charge in [-0.3, -0.25) is 9.79 Å². The number of allylic oxidation sites excluding steroid dienone is 2. The fourth-order valence-corrected chi connectivity index (χ4v) is 2.92. The number of hydrogen-bond acceptors (Lipinski definition) is 4. The van der Waals surface area contributed by atoms with Gasteiger partial charge in [0.25, 0.3) is 0 Å². The van der Waals surface area contributed by atoms with E-state index in [-0.39, 0.29) is 7.33 Å². The van der Waals surface area contributed by atoms with Crippen molar-refractivity contribution in [1.82, 2.24) is 10.2 Å². The summed E-state index contributed by atoms with van der Waals surface area (Å²) in [5.74, 6) is -0.0464. The second-order valence-corrected chi connectivity index (χ2v) is 6.50. The second-order valence-electron chi connectivity index (χ2n) is 6.50. The lowest BCUT2D eigenvalue weighted by Gasteiger charge is -2.08. The van der Waals surface area contributed by atoms with Crippen LogP contribution in [0.15, 0.2) is 78.1 Å². The Kier molecular flexibility index (Phi) is 7.00. The number of aromatic nitrogens is 2. The van der Waals surface area contributed by atoms with Gasteiger partial charge in [-0.1, -0.05) is 42.5 Å². The quantitative estimate of drug-likeness (QED) is 0.577. The third-order valence-electron chi connectivity index (χ3n) is 4.46. The molecule has 29 heavy (non-hydrogen) atoms. The first-order valence-electron chi connectivity index (χ1n) is 9.62. The molecule has 148 valence electrons. The van der Waals surface area contributed by atoms with Gasteiger partial charge in [-0.2, -0.15) is 10.2 Å². The van der Waals surface area contributed by atoms with E-state index in [4.69, 9.17) is 0 Å². The minimum Gasteiger partial charge on any atom is -0.326 e. The van der Waals surface area contributed by atoms with Crippen LogP contribution >= 0.6 is 0 Å². The highest BCUT2D eigenvalue weighted by Crippen LogP contribution is 2.19. The second kappa shape index (κ2) is 10.1. The Hall–Kier alpha value is -3.60. The maximum Gasteiger partial charge on any atom is 0.228 e. The van der Waals surface area contributed by atoms with Crippen LogP contribution in [0.3, 0.4) is 0 Å². The Morgan fingerprint density at radius 1 is 1.03 bits per heavy atom. The molecule has 0 spiro atoms. The topological polar surface area (TPSA) is 67.2 Å². The summed E-state index contributed by atoms with van der Waals surface area (Å²) >= 11 is 0. The number of carbonyl (C=O) groups is 1. The lowest BCUT2D eigenvalue weighted by Crippen LogP contribution is -2.14. The molecular formula is C24H26N4O. The largest absolute Gasteiger partial charge is 0.326 e. The summed E-state index contributed by atoms with van der Waals surface area (Å²) < 4.78 is 0. The minimum atomic E-state index is -0.0464. The van der Waals surface area contributed by atoms with E-state index in [0.717, 1.165) is 40.1 Å². The molecule has 1 N–H and O–H groups in total. The van der Waals surface area contributed by atoms with Crippen LogP contribution in [0.1, 0.15) is 26.4 Å². The monoisotopic (exact) mass is 386 g/mol. The molecule has 0 saturated carbocycles. The fraction of sp³-hybridized carbons (Fsp3) is 0.167. The standard InChI is InChI=1S/C24H24N4O.H2/c1-3-19(16-25-4-2)20-9-11-23(12-10-20)28-24(29)15-18-5-7-21(8-6-18)22-13-14-26-27-17-22;/h3,5-14,16-17H,4,15H2,1-2H3,(H,28,29);1H/b19-3+,25-16?;. The van der Waals surface area contributed by atoms with Crippen LogP contribution in [0.5, 0.6) is 0 Å². The van der Waals surface area contributed by atoms with Gasteiger partial charge in [0.2, 0.25) is 5.91 Å². The van der Waals surface area contributed by atoms with Crippen molar-refractivity contribution in [3.8, 4) is 11.1 Å². The number of nitrogens with one attached hydrogen (secondary N) is 1. The maximum absolute atomic E-state index is 12.4. The van der Waals surface area contributed by atoms with E-state index < -0.39 is 0 Å². The smallest absolute Gasteiger partial charge is 0.228 e. The van der Waals surface area contributed by atoms with Crippen LogP contribution in [0.25, 0.3) is 16.7 Å². The molecule has 0 unspecified atom stereocenters. The van der Waals surface area contributed by atoms with Gasteiger partial charge in [-0.15, -0.1) is 0 Å². The molecule has 5 nitrogen and oxygen atoms in total. The van der Waals surface area contributed by atoms with Crippen LogP contribution in [-0.2, 0) is 11.2 Å². The predicted octanol–water partition coefficient (Wildman–Crippen LogP) is 5.06. The summed E-state index contributed by atoms with van der Waals surface area (Å²) in [5, 5.41) is 10.6. The lowest BCUT2D eigenvalue weighted by molar-refractivity contribution is -0.115. The molecule has 0 aliphatic carbocycles. The van der Waals surface area contributed by atoms with Gasteiger partial charge in [0.05, 0.1) is 18.8 Å². The maximum atomic E-state index is 12.4. The van der Waals surface area contributed by atoms with Gasteiger partial charge in [-0.05, 0) is 54.3 Å². The number of aliphatic imine (C=N–C) groups is 1. The molecule has 3 rings (SSSR count). The molecule has 5 heteroatoms.